The molecule has 0 spiro atoms. The van der Waals surface area contributed by atoms with E-state index in [2.05, 4.69) is 15.4 Å². The molecule has 0 atom stereocenters. The number of amides is 1. The van der Waals surface area contributed by atoms with Gasteiger partial charge in [-0.05, 0) is 56.6 Å². The maximum atomic E-state index is 12.7. The number of sulfone groups is 1. The fourth-order valence-corrected chi connectivity index (χ4v) is 4.26. The van der Waals surface area contributed by atoms with E-state index in [4.69, 9.17) is 0 Å². The summed E-state index contributed by atoms with van der Waals surface area (Å²) < 4.78 is 27.7. The third kappa shape index (κ3) is 3.44. The molecule has 1 aliphatic heterocycles. The predicted octanol–water partition coefficient (Wildman–Crippen LogP) is 0.887. The fraction of sp³-hybridized carbons (Fsp3) is 0.500. The van der Waals surface area contributed by atoms with E-state index in [1.807, 2.05) is 0 Å². The number of carbonyl (C=O) groups is 2. The monoisotopic (exact) mass is 354 g/mol. The first kappa shape index (κ1) is 18.4. The maximum Gasteiger partial charge on any atom is 0.338 e. The van der Waals surface area contributed by atoms with E-state index in [1.54, 1.807) is 25.1 Å². The van der Waals surface area contributed by atoms with E-state index in [0.717, 1.165) is 6.26 Å². The van der Waals surface area contributed by atoms with Crippen molar-refractivity contribution in [2.24, 2.45) is 0 Å². The van der Waals surface area contributed by atoms with Gasteiger partial charge in [-0.3, -0.25) is 4.79 Å². The Labute approximate surface area is 141 Å². The average Bonchev–Trinajstić information content (AvgIpc) is 2.54. The van der Waals surface area contributed by atoms with Crippen molar-refractivity contribution >= 4 is 27.4 Å². The standard InChI is InChI=1S/C16H22N2O5S/c1-11-10-12(4-5-13(11)14(19)23-2)18-15(20)16(24(3,21)22)6-8-17-9-7-16/h4-5,10,17H,6-9H2,1-3H3,(H,18,20). The van der Waals surface area contributed by atoms with Crippen LogP contribution in [0.2, 0.25) is 0 Å². The quantitative estimate of drug-likeness (QED) is 0.779. The lowest BCUT2D eigenvalue weighted by atomic mass is 9.95. The Morgan fingerprint density at radius 1 is 1.25 bits per heavy atom. The van der Waals surface area contributed by atoms with Crippen LogP contribution in [0, 0.1) is 6.92 Å². The van der Waals surface area contributed by atoms with Gasteiger partial charge in [-0.2, -0.15) is 0 Å². The Hall–Kier alpha value is -1.93. The number of ether oxygens (including phenoxy) is 1. The van der Waals surface area contributed by atoms with Gasteiger partial charge in [0.15, 0.2) is 14.6 Å². The molecule has 0 bridgehead atoms. The SMILES string of the molecule is COC(=O)c1ccc(NC(=O)C2(S(C)(=O)=O)CCNCC2)cc1C. The number of benzene rings is 1. The first-order chi connectivity index (χ1) is 11.2. The topological polar surface area (TPSA) is 102 Å². The molecule has 0 aromatic heterocycles. The molecule has 2 rings (SSSR count). The zero-order valence-electron chi connectivity index (χ0n) is 14.0. The summed E-state index contributed by atoms with van der Waals surface area (Å²) in [6.45, 7) is 2.67. The molecule has 24 heavy (non-hydrogen) atoms. The smallest absolute Gasteiger partial charge is 0.338 e. The molecule has 0 saturated carbocycles. The summed E-state index contributed by atoms with van der Waals surface area (Å²) in [4.78, 5) is 24.3. The normalized spacial score (nSPS) is 17.1. The molecular weight excluding hydrogens is 332 g/mol. The second-order valence-corrected chi connectivity index (χ2v) is 8.32. The number of aryl methyl sites for hydroxylation is 1. The molecule has 1 fully saturated rings. The summed E-state index contributed by atoms with van der Waals surface area (Å²) in [6, 6.07) is 4.74. The van der Waals surface area contributed by atoms with Crippen LogP contribution in [0.15, 0.2) is 18.2 Å². The van der Waals surface area contributed by atoms with E-state index in [-0.39, 0.29) is 12.8 Å². The summed E-state index contributed by atoms with van der Waals surface area (Å²) in [6.07, 6.45) is 1.57. The molecule has 132 valence electrons. The lowest BCUT2D eigenvalue weighted by molar-refractivity contribution is -0.119. The van der Waals surface area contributed by atoms with E-state index in [1.165, 1.54) is 7.11 Å². The Kier molecular flexibility index (Phi) is 5.29. The number of hydrogen-bond donors (Lipinski definition) is 2. The van der Waals surface area contributed by atoms with Gasteiger partial charge in [0.2, 0.25) is 5.91 Å². The van der Waals surface area contributed by atoms with Crippen LogP contribution in [0.25, 0.3) is 0 Å². The molecule has 2 N–H and O–H groups in total. The third-order valence-corrected chi connectivity index (χ3v) is 6.44. The lowest BCUT2D eigenvalue weighted by Crippen LogP contribution is -2.55. The van der Waals surface area contributed by atoms with Crippen molar-refractivity contribution in [3.05, 3.63) is 29.3 Å². The lowest BCUT2D eigenvalue weighted by Gasteiger charge is -2.34. The van der Waals surface area contributed by atoms with Crippen molar-refractivity contribution in [2.75, 3.05) is 31.8 Å². The molecule has 1 aliphatic rings. The van der Waals surface area contributed by atoms with Crippen molar-refractivity contribution in [1.29, 1.82) is 0 Å². The molecular formula is C16H22N2O5S. The predicted molar refractivity (Wildman–Crippen MR) is 90.8 cm³/mol. The average molecular weight is 354 g/mol. The zero-order valence-corrected chi connectivity index (χ0v) is 14.8. The van der Waals surface area contributed by atoms with Crippen LogP contribution < -0.4 is 10.6 Å². The van der Waals surface area contributed by atoms with Gasteiger partial charge in [-0.1, -0.05) is 0 Å². The summed E-state index contributed by atoms with van der Waals surface area (Å²) in [5.74, 6) is -0.993. The Bertz CT molecular complexity index is 752. The number of rotatable bonds is 4. The Balaban J connectivity index is 2.28. The van der Waals surface area contributed by atoms with Crippen LogP contribution in [0.5, 0.6) is 0 Å². The summed E-state index contributed by atoms with van der Waals surface area (Å²) in [7, 11) is -2.27. The molecule has 1 amide bonds. The molecule has 1 heterocycles. The molecule has 0 aliphatic carbocycles. The van der Waals surface area contributed by atoms with Gasteiger partial charge < -0.3 is 15.4 Å². The van der Waals surface area contributed by atoms with Gasteiger partial charge in [0, 0.05) is 11.9 Å². The zero-order chi connectivity index (χ0) is 18.0. The minimum absolute atomic E-state index is 0.233. The van der Waals surface area contributed by atoms with Crippen LogP contribution in [0.1, 0.15) is 28.8 Å². The molecule has 0 unspecified atom stereocenters. The van der Waals surface area contributed by atoms with Crippen molar-refractivity contribution < 1.29 is 22.7 Å². The second-order valence-electron chi connectivity index (χ2n) is 5.99. The summed E-state index contributed by atoms with van der Waals surface area (Å²) in [5, 5.41) is 5.76. The second kappa shape index (κ2) is 6.90. The molecule has 8 heteroatoms. The molecule has 7 nitrogen and oxygen atoms in total. The fourth-order valence-electron chi connectivity index (χ4n) is 2.92. The van der Waals surface area contributed by atoms with Crippen LogP contribution in [-0.2, 0) is 19.4 Å². The highest BCUT2D eigenvalue weighted by Crippen LogP contribution is 2.29. The van der Waals surface area contributed by atoms with Crippen molar-refractivity contribution in [3.63, 3.8) is 0 Å². The van der Waals surface area contributed by atoms with Crippen LogP contribution in [-0.4, -0.2) is 51.5 Å². The number of methoxy groups -OCH3 is 1. The molecule has 1 aromatic rings. The van der Waals surface area contributed by atoms with Crippen LogP contribution in [0.4, 0.5) is 5.69 Å². The van der Waals surface area contributed by atoms with Gasteiger partial charge in [0.05, 0.1) is 12.7 Å². The van der Waals surface area contributed by atoms with Crippen LogP contribution in [0.3, 0.4) is 0 Å². The number of piperidine rings is 1. The van der Waals surface area contributed by atoms with Gasteiger partial charge in [-0.25, -0.2) is 13.2 Å². The van der Waals surface area contributed by atoms with Gasteiger partial charge >= 0.3 is 5.97 Å². The van der Waals surface area contributed by atoms with Gasteiger partial charge in [0.1, 0.15) is 0 Å². The minimum Gasteiger partial charge on any atom is -0.465 e. The highest BCUT2D eigenvalue weighted by atomic mass is 32.2. The molecule has 1 saturated heterocycles. The van der Waals surface area contributed by atoms with Gasteiger partial charge in [0.25, 0.3) is 0 Å². The number of carbonyl (C=O) groups excluding carboxylic acids is 2. The van der Waals surface area contributed by atoms with E-state index >= 15 is 0 Å². The largest absolute Gasteiger partial charge is 0.465 e. The van der Waals surface area contributed by atoms with Crippen LogP contribution >= 0.6 is 0 Å². The molecule has 1 aromatic carbocycles. The Morgan fingerprint density at radius 3 is 2.38 bits per heavy atom. The highest BCUT2D eigenvalue weighted by Gasteiger charge is 2.48. The first-order valence-electron chi connectivity index (χ1n) is 7.62. The first-order valence-corrected chi connectivity index (χ1v) is 9.51. The van der Waals surface area contributed by atoms with E-state index in [0.29, 0.717) is 29.9 Å². The highest BCUT2D eigenvalue weighted by molar-refractivity contribution is 7.92. The summed E-state index contributed by atoms with van der Waals surface area (Å²) >= 11 is 0. The van der Waals surface area contributed by atoms with E-state index in [9.17, 15) is 18.0 Å². The number of esters is 1. The van der Waals surface area contributed by atoms with E-state index < -0.39 is 26.5 Å². The van der Waals surface area contributed by atoms with Gasteiger partial charge in [-0.15, -0.1) is 0 Å². The maximum absolute atomic E-state index is 12.7. The summed E-state index contributed by atoms with van der Waals surface area (Å²) in [5.41, 5.74) is 1.49. The van der Waals surface area contributed by atoms with Crippen molar-refractivity contribution in [1.82, 2.24) is 5.32 Å². The molecule has 0 radical (unpaired) electrons. The number of anilines is 1. The number of hydrogen-bond acceptors (Lipinski definition) is 6. The minimum atomic E-state index is -3.57. The number of nitrogens with one attached hydrogen (secondary N) is 2. The Morgan fingerprint density at radius 2 is 1.88 bits per heavy atom. The van der Waals surface area contributed by atoms with Crippen molar-refractivity contribution in [3.8, 4) is 0 Å². The van der Waals surface area contributed by atoms with Crippen molar-refractivity contribution in [2.45, 2.75) is 24.5 Å². The third-order valence-electron chi connectivity index (χ3n) is 4.42.